The van der Waals surface area contributed by atoms with Crippen LogP contribution in [0.25, 0.3) is 54.8 Å². The van der Waals surface area contributed by atoms with Crippen molar-refractivity contribution in [3.8, 4) is 0 Å². The molecule has 16 aromatic rings. The van der Waals surface area contributed by atoms with Crippen LogP contribution in [0.5, 0.6) is 0 Å². The number of para-hydroxylation sites is 2. The van der Waals surface area contributed by atoms with Gasteiger partial charge in [-0.05, 0) is 177 Å². The number of aryl methyl sites for hydroxylation is 3. The molecule has 0 unspecified atom stereocenters. The molecular weight excluding hydrogens is 1500 g/mol. The summed E-state index contributed by atoms with van der Waals surface area (Å²) in [6, 6.07) is 37.0. The Labute approximate surface area is 643 Å². The first kappa shape index (κ1) is 72.7. The van der Waals surface area contributed by atoms with Crippen molar-refractivity contribution in [3.63, 3.8) is 0 Å². The number of aromatic nitrogens is 22. The van der Waals surface area contributed by atoms with Crippen LogP contribution in [0.3, 0.4) is 0 Å². The van der Waals surface area contributed by atoms with Crippen LogP contribution in [0.4, 0.5) is 67.0 Å². The number of anilines is 10. The summed E-state index contributed by atoms with van der Waals surface area (Å²) in [5.41, 5.74) is 14.5. The van der Waals surface area contributed by atoms with Gasteiger partial charge in [0.05, 0.1) is 39.1 Å². The maximum absolute atomic E-state index is 13.7. The molecule has 13 heterocycles. The third kappa shape index (κ3) is 17.1. The summed E-state index contributed by atoms with van der Waals surface area (Å²) in [7, 11) is 0. The summed E-state index contributed by atoms with van der Waals surface area (Å²) in [5, 5.41) is 59.2. The lowest BCUT2D eigenvalue weighted by molar-refractivity contribution is 0.241. The molecule has 0 fully saturated rings. The lowest BCUT2D eigenvalue weighted by Crippen LogP contribution is -2.31. The average Bonchev–Trinajstić information content (AvgIpc) is 1.57. The lowest BCUT2D eigenvalue weighted by atomic mass is 9.96. The molecule has 5 aromatic carbocycles. The van der Waals surface area contributed by atoms with Crippen LogP contribution in [0, 0.1) is 32.4 Å². The molecule has 109 heavy (non-hydrogen) atoms. The molecule has 0 spiro atoms. The van der Waals surface area contributed by atoms with Crippen molar-refractivity contribution in [2.75, 3.05) is 39.7 Å². The van der Waals surface area contributed by atoms with Crippen molar-refractivity contribution >= 4 is 171 Å². The Kier molecular flexibility index (Phi) is 21.8. The maximum Gasteiger partial charge on any atom is 0.226 e. The van der Waals surface area contributed by atoms with Crippen LogP contribution in [-0.2, 0) is 45.3 Å². The monoisotopic (exact) mass is 1560 g/mol. The van der Waals surface area contributed by atoms with Gasteiger partial charge in [-0.15, -0.1) is 0 Å². The molecule has 11 N–H and O–H groups in total. The summed E-state index contributed by atoms with van der Waals surface area (Å²) < 4.78 is 27.1. The highest BCUT2D eigenvalue weighted by Gasteiger charge is 2.25. The van der Waals surface area contributed by atoms with E-state index in [-0.39, 0.29) is 38.1 Å². The minimum absolute atomic E-state index is 0.109. The van der Waals surface area contributed by atoms with Crippen LogP contribution in [0.1, 0.15) is 69.1 Å². The zero-order valence-corrected chi connectivity index (χ0v) is 62.0. The Bertz CT molecular complexity index is 5970. The highest BCUT2D eigenvalue weighted by molar-refractivity contribution is 6.29. The zero-order chi connectivity index (χ0) is 75.1. The number of H-pyrrole nitrogens is 5. The Balaban J connectivity index is 0.000000110. The molecule has 0 amide bonds. The molecule has 0 radical (unpaired) electrons. The van der Waals surface area contributed by atoms with E-state index in [1.54, 1.807) is 24.5 Å². The Morgan fingerprint density at radius 1 is 0.422 bits per heavy atom. The number of rotatable bonds is 12. The van der Waals surface area contributed by atoms with E-state index >= 15 is 0 Å². The fourth-order valence-corrected chi connectivity index (χ4v) is 13.5. The second-order valence-corrected chi connectivity index (χ2v) is 27.0. The van der Waals surface area contributed by atoms with Gasteiger partial charge < -0.3 is 31.9 Å². The van der Waals surface area contributed by atoms with Gasteiger partial charge in [-0.25, -0.2) is 58.6 Å². The summed E-state index contributed by atoms with van der Waals surface area (Å²) in [6.45, 7) is 9.70. The highest BCUT2D eigenvalue weighted by atomic mass is 35.5. The van der Waals surface area contributed by atoms with Gasteiger partial charge in [-0.1, -0.05) is 54.6 Å². The molecule has 36 heteroatoms. The second kappa shape index (κ2) is 32.7. The van der Waals surface area contributed by atoms with E-state index in [1.807, 2.05) is 93.6 Å². The van der Waals surface area contributed by atoms with Gasteiger partial charge in [0.25, 0.3) is 0 Å². The van der Waals surface area contributed by atoms with Crippen LogP contribution >= 0.6 is 58.0 Å². The first-order chi connectivity index (χ1) is 53.0. The number of halogens is 7. The number of nitrogens with one attached hydrogen (secondary N) is 11. The quantitative estimate of drug-likeness (QED) is 0.0506. The van der Waals surface area contributed by atoms with Crippen molar-refractivity contribution in [2.45, 2.75) is 78.9 Å². The van der Waals surface area contributed by atoms with E-state index in [1.165, 1.54) is 29.8 Å². The van der Waals surface area contributed by atoms with E-state index in [0.717, 1.165) is 159 Å². The van der Waals surface area contributed by atoms with E-state index < -0.39 is 0 Å². The topological polar surface area (TPSA) is 373 Å². The minimum Gasteiger partial charge on any atom is -0.323 e. The van der Waals surface area contributed by atoms with Crippen molar-refractivity contribution in [3.05, 3.63) is 228 Å². The molecule has 29 nitrogen and oxygen atoms in total. The molecule has 0 saturated heterocycles. The van der Waals surface area contributed by atoms with E-state index in [4.69, 9.17) is 58.0 Å². The average molecular weight is 1560 g/mol. The zero-order valence-electron chi connectivity index (χ0n) is 58.2. The third-order valence-electron chi connectivity index (χ3n) is 18.0. The minimum atomic E-state index is -0.318. The van der Waals surface area contributed by atoms with Gasteiger partial charge in [0.2, 0.25) is 26.4 Å². The Morgan fingerprint density at radius 3 is 1.53 bits per heavy atom. The third-order valence-corrected chi connectivity index (χ3v) is 18.8. The van der Waals surface area contributed by atoms with E-state index in [9.17, 15) is 8.78 Å². The predicted molar refractivity (Wildman–Crippen MR) is 418 cm³/mol. The summed E-state index contributed by atoms with van der Waals surface area (Å²) in [4.78, 5) is 53.1. The molecule has 0 atom stereocenters. The first-order valence-electron chi connectivity index (χ1n) is 34.3. The van der Waals surface area contributed by atoms with E-state index in [2.05, 4.69) is 160 Å². The van der Waals surface area contributed by atoms with Gasteiger partial charge in [0, 0.05) is 113 Å². The number of nitrogens with zero attached hydrogens (tertiary/aromatic N) is 18. The van der Waals surface area contributed by atoms with Gasteiger partial charge in [-0.3, -0.25) is 30.4 Å². The van der Waals surface area contributed by atoms with Crippen molar-refractivity contribution in [2.24, 2.45) is 0 Å². The van der Waals surface area contributed by atoms with E-state index in [0.29, 0.717) is 75.8 Å². The van der Waals surface area contributed by atoms with Crippen molar-refractivity contribution in [1.82, 2.24) is 121 Å². The fourth-order valence-electron chi connectivity index (χ4n) is 12.6. The molecule has 550 valence electrons. The molecule has 19 rings (SSSR count). The number of hydrogen-bond acceptors (Lipinski definition) is 24. The molecule has 0 bridgehead atoms. The maximum atomic E-state index is 13.7. The summed E-state index contributed by atoms with van der Waals surface area (Å²) in [6.07, 6.45) is 8.97. The Hall–Kier alpha value is -11.8. The smallest absolute Gasteiger partial charge is 0.226 e. The van der Waals surface area contributed by atoms with Crippen molar-refractivity contribution in [1.29, 1.82) is 0 Å². The van der Waals surface area contributed by atoms with Crippen LogP contribution in [0.2, 0.25) is 26.4 Å². The van der Waals surface area contributed by atoms with Gasteiger partial charge >= 0.3 is 0 Å². The highest BCUT2D eigenvalue weighted by Crippen LogP contribution is 2.35. The molecule has 2 aliphatic heterocycles. The van der Waals surface area contributed by atoms with Gasteiger partial charge in [0.1, 0.15) is 34.9 Å². The first-order valence-corrected chi connectivity index (χ1v) is 36.2. The summed E-state index contributed by atoms with van der Waals surface area (Å²) in [5.74, 6) is 5.68. The van der Waals surface area contributed by atoms with Crippen LogP contribution in [-0.4, -0.2) is 129 Å². The number of fused-ring (bicyclic) bond motifs is 8. The number of hydrogen-bond donors (Lipinski definition) is 11. The number of benzene rings is 5. The largest absolute Gasteiger partial charge is 0.323 e. The fraction of sp³-hybridized carbons (Fsp3) is 0.192. The number of aromatic amines is 5. The molecular formula is C73H64Cl5F2N29. The lowest BCUT2D eigenvalue weighted by Gasteiger charge is -2.29. The van der Waals surface area contributed by atoms with Crippen LogP contribution < -0.4 is 31.9 Å². The summed E-state index contributed by atoms with van der Waals surface area (Å²) >= 11 is 30.0. The standard InChI is InChI=1S/C21H18ClFN6.C15H14ClN5.C14H12ClFN6.C13H12ClN5.C10H8ClN7/c22-21-24-18-12-29(11-13-4-2-1-3-5-13)9-8-15(18)19(26-21)25-20-16-10-14(23)6-7-17(16)27-28-20;16-15-17-11-7-3-1-5-9(11)13(19-15)18-14-10-6-2-4-8-12(10)20-21-14;15-14-18-10-3-4-17-6-9(10)12(20-14)19-13-8-5-7(16)1-2-11(8)21-22-13;1-7-8(2)15-13(14)17-11(7)16-12-9-5-3-4-6-10(9)18-19-12;1-5-4-6(18-17-5)14-9-7-8(13-3-2-12-7)15-10(11)16-9/h1-7,10H,8-9,11-12H2,(H2,24,25,26,27,28);2,4,6,8H,1,3,5,7H2,(H2,17,18,19,20,21);1-2,5,17H,3-4,6H2,(H2,18,19,20,21,22);3-6H,1-2H3,(H2,15,16,17,18,19);2-4H,1H3,(H2,13,14,15,16,17,18). The second-order valence-electron chi connectivity index (χ2n) is 25.3. The normalized spacial score (nSPS) is 13.0. The van der Waals surface area contributed by atoms with Gasteiger partial charge in [0.15, 0.2) is 46.1 Å². The SMILES string of the molecule is Cc1cc(Nc2nc(Cl)nc3nccnc23)n[nH]1.Cc1nc(Cl)nc(Nc2n[nH]c3ccccc23)c1C.Clc1nc2c(c(Nc3n[nH]c4ccccc34)n1)CCCC2.Fc1ccc2[nH]nc(Nc3nc(Cl)nc4c3CCN(Cc3ccccc3)C4)c2c1.Fc1ccc2[nH]nc(Nc3nc(Cl)nc4c3CNCC4)c2c1. The molecule has 3 aliphatic rings. The molecule has 11 aromatic heterocycles. The van der Waals surface area contributed by atoms with Gasteiger partial charge in [-0.2, -0.15) is 35.5 Å². The Morgan fingerprint density at radius 2 is 0.917 bits per heavy atom. The molecule has 0 saturated carbocycles. The van der Waals surface area contributed by atoms with Crippen LogP contribution in [0.15, 0.2) is 134 Å². The molecule has 1 aliphatic carbocycles. The van der Waals surface area contributed by atoms with Crippen molar-refractivity contribution < 1.29 is 8.78 Å². The predicted octanol–water partition coefficient (Wildman–Crippen LogP) is 15.8.